The minimum absolute atomic E-state index is 0.0365. The summed E-state index contributed by atoms with van der Waals surface area (Å²) in [6.45, 7) is 1.35. The lowest BCUT2D eigenvalue weighted by atomic mass is 10.2. The molecule has 9 heteroatoms. The normalized spacial score (nSPS) is 12.3. The largest absolute Gasteiger partial charge is 0.497 e. The van der Waals surface area contributed by atoms with Crippen molar-refractivity contribution in [1.29, 1.82) is 0 Å². The number of amides is 1. The van der Waals surface area contributed by atoms with E-state index in [1.165, 1.54) is 57.5 Å². The standard InChI is InChI=1S/C17H19FN2O5S/c1-11(17(21)19-14-7-5-4-6-13(14)18)20-26(22,23)16-9-8-12(24-2)10-15(16)25-3/h4-11,20H,1-3H3,(H,19,21). The third kappa shape index (κ3) is 4.50. The second kappa shape index (κ2) is 8.15. The molecule has 0 bridgehead atoms. The molecule has 26 heavy (non-hydrogen) atoms. The molecule has 0 saturated carbocycles. The summed E-state index contributed by atoms with van der Waals surface area (Å²) in [4.78, 5) is 12.0. The van der Waals surface area contributed by atoms with Gasteiger partial charge >= 0.3 is 0 Å². The van der Waals surface area contributed by atoms with Crippen molar-refractivity contribution in [2.75, 3.05) is 19.5 Å². The zero-order valence-electron chi connectivity index (χ0n) is 14.4. The zero-order chi connectivity index (χ0) is 19.3. The molecular weight excluding hydrogens is 363 g/mol. The number of ether oxygens (including phenoxy) is 2. The molecule has 0 saturated heterocycles. The van der Waals surface area contributed by atoms with E-state index in [2.05, 4.69) is 10.0 Å². The van der Waals surface area contributed by atoms with Gasteiger partial charge in [-0.2, -0.15) is 4.72 Å². The number of carbonyl (C=O) groups is 1. The second-order valence-electron chi connectivity index (χ2n) is 5.33. The van der Waals surface area contributed by atoms with Gasteiger partial charge in [0, 0.05) is 6.07 Å². The predicted octanol–water partition coefficient (Wildman–Crippen LogP) is 2.15. The Kier molecular flexibility index (Phi) is 6.17. The highest BCUT2D eigenvalue weighted by Gasteiger charge is 2.25. The van der Waals surface area contributed by atoms with Crippen LogP contribution >= 0.6 is 0 Å². The van der Waals surface area contributed by atoms with E-state index >= 15 is 0 Å². The van der Waals surface area contributed by atoms with Crippen LogP contribution in [-0.4, -0.2) is 34.6 Å². The van der Waals surface area contributed by atoms with Gasteiger partial charge < -0.3 is 14.8 Å². The van der Waals surface area contributed by atoms with Gasteiger partial charge in [0.25, 0.3) is 0 Å². The van der Waals surface area contributed by atoms with Gasteiger partial charge in [0.2, 0.25) is 15.9 Å². The average molecular weight is 382 g/mol. The molecule has 2 aromatic rings. The summed E-state index contributed by atoms with van der Waals surface area (Å²) in [5.41, 5.74) is -0.0365. The topological polar surface area (TPSA) is 93.7 Å². The Morgan fingerprint density at radius 2 is 1.81 bits per heavy atom. The van der Waals surface area contributed by atoms with E-state index in [4.69, 9.17) is 9.47 Å². The first-order valence-electron chi connectivity index (χ1n) is 7.58. The van der Waals surface area contributed by atoms with E-state index in [0.717, 1.165) is 0 Å². The van der Waals surface area contributed by atoms with Crippen LogP contribution in [0.25, 0.3) is 0 Å². The van der Waals surface area contributed by atoms with Gasteiger partial charge in [-0.15, -0.1) is 0 Å². The number of sulfonamides is 1. The van der Waals surface area contributed by atoms with E-state index in [0.29, 0.717) is 5.75 Å². The zero-order valence-corrected chi connectivity index (χ0v) is 15.3. The number of hydrogen-bond donors (Lipinski definition) is 2. The molecule has 0 aromatic heterocycles. The van der Waals surface area contributed by atoms with Crippen molar-refractivity contribution in [1.82, 2.24) is 4.72 Å². The summed E-state index contributed by atoms with van der Waals surface area (Å²) in [7, 11) is -1.30. The minimum atomic E-state index is -4.06. The monoisotopic (exact) mass is 382 g/mol. The number of anilines is 1. The molecule has 140 valence electrons. The number of methoxy groups -OCH3 is 2. The van der Waals surface area contributed by atoms with Crippen molar-refractivity contribution >= 4 is 21.6 Å². The molecule has 0 spiro atoms. The predicted molar refractivity (Wildman–Crippen MR) is 94.4 cm³/mol. The molecule has 1 atom stereocenters. The lowest BCUT2D eigenvalue weighted by Crippen LogP contribution is -2.41. The lowest BCUT2D eigenvalue weighted by Gasteiger charge is -2.16. The summed E-state index contributed by atoms with van der Waals surface area (Å²) in [5.74, 6) is -0.830. The highest BCUT2D eigenvalue weighted by molar-refractivity contribution is 7.89. The highest BCUT2D eigenvalue weighted by Crippen LogP contribution is 2.28. The van der Waals surface area contributed by atoms with Crippen molar-refractivity contribution < 1.29 is 27.1 Å². The minimum Gasteiger partial charge on any atom is -0.497 e. The smallest absolute Gasteiger partial charge is 0.244 e. The third-order valence-electron chi connectivity index (χ3n) is 3.52. The van der Waals surface area contributed by atoms with E-state index < -0.39 is 27.8 Å². The molecule has 2 rings (SSSR count). The molecule has 0 aliphatic heterocycles. The molecule has 2 aromatic carbocycles. The van der Waals surface area contributed by atoms with Crippen LogP contribution in [0.15, 0.2) is 47.4 Å². The molecular formula is C17H19FN2O5S. The van der Waals surface area contributed by atoms with Gasteiger partial charge in [-0.25, -0.2) is 12.8 Å². The first kappa shape index (κ1) is 19.7. The van der Waals surface area contributed by atoms with Gasteiger partial charge in [0.15, 0.2) is 0 Å². The fourth-order valence-electron chi connectivity index (χ4n) is 2.15. The number of para-hydroxylation sites is 1. The summed E-state index contributed by atoms with van der Waals surface area (Å²) in [6, 6.07) is 8.63. The Balaban J connectivity index is 2.18. The number of carbonyl (C=O) groups excluding carboxylic acids is 1. The first-order chi connectivity index (χ1) is 12.3. The highest BCUT2D eigenvalue weighted by atomic mass is 32.2. The third-order valence-corrected chi connectivity index (χ3v) is 5.10. The molecule has 0 aliphatic rings. The van der Waals surface area contributed by atoms with Crippen LogP contribution in [0.3, 0.4) is 0 Å². The summed E-state index contributed by atoms with van der Waals surface area (Å²) in [5, 5.41) is 2.34. The van der Waals surface area contributed by atoms with E-state index in [1.807, 2.05) is 0 Å². The van der Waals surface area contributed by atoms with Crippen LogP contribution in [0, 0.1) is 5.82 Å². The Morgan fingerprint density at radius 1 is 1.12 bits per heavy atom. The first-order valence-corrected chi connectivity index (χ1v) is 9.06. The molecule has 1 amide bonds. The maximum atomic E-state index is 13.6. The summed E-state index contributed by atoms with van der Waals surface area (Å²) >= 11 is 0. The average Bonchev–Trinajstić information content (AvgIpc) is 2.62. The summed E-state index contributed by atoms with van der Waals surface area (Å²) in [6.07, 6.45) is 0. The van der Waals surface area contributed by atoms with Gasteiger partial charge in [0.1, 0.15) is 22.2 Å². The number of halogens is 1. The van der Waals surface area contributed by atoms with Crippen LogP contribution in [-0.2, 0) is 14.8 Å². The quantitative estimate of drug-likeness (QED) is 0.765. The molecule has 0 fully saturated rings. The SMILES string of the molecule is COc1ccc(S(=O)(=O)NC(C)C(=O)Nc2ccccc2F)c(OC)c1. The van der Waals surface area contributed by atoms with Crippen LogP contribution < -0.4 is 19.5 Å². The van der Waals surface area contributed by atoms with E-state index in [1.54, 1.807) is 6.07 Å². The molecule has 2 N–H and O–H groups in total. The Bertz CT molecular complexity index is 902. The molecule has 1 unspecified atom stereocenters. The van der Waals surface area contributed by atoms with Crippen molar-refractivity contribution in [3.63, 3.8) is 0 Å². The Morgan fingerprint density at radius 3 is 2.42 bits per heavy atom. The number of rotatable bonds is 7. The fraction of sp³-hybridized carbons (Fsp3) is 0.235. The Labute approximate surface area is 151 Å². The fourth-order valence-corrected chi connectivity index (χ4v) is 3.50. The summed E-state index contributed by atoms with van der Waals surface area (Å²) < 4.78 is 51.1. The number of nitrogens with one attached hydrogen (secondary N) is 2. The maximum absolute atomic E-state index is 13.6. The Hall–Kier alpha value is -2.65. The van der Waals surface area contributed by atoms with Gasteiger partial charge in [0.05, 0.1) is 25.9 Å². The van der Waals surface area contributed by atoms with Gasteiger partial charge in [-0.05, 0) is 31.2 Å². The second-order valence-corrected chi connectivity index (χ2v) is 7.01. The molecule has 0 aliphatic carbocycles. The van der Waals surface area contributed by atoms with Gasteiger partial charge in [-0.3, -0.25) is 4.79 Å². The van der Waals surface area contributed by atoms with Crippen LogP contribution in [0.1, 0.15) is 6.92 Å². The van der Waals surface area contributed by atoms with Crippen LogP contribution in [0.4, 0.5) is 10.1 Å². The van der Waals surface area contributed by atoms with E-state index in [-0.39, 0.29) is 16.3 Å². The van der Waals surface area contributed by atoms with E-state index in [9.17, 15) is 17.6 Å². The molecule has 0 heterocycles. The number of hydrogen-bond acceptors (Lipinski definition) is 5. The molecule has 7 nitrogen and oxygen atoms in total. The van der Waals surface area contributed by atoms with Crippen molar-refractivity contribution in [2.24, 2.45) is 0 Å². The number of benzene rings is 2. The van der Waals surface area contributed by atoms with Crippen molar-refractivity contribution in [3.8, 4) is 11.5 Å². The van der Waals surface area contributed by atoms with Crippen LogP contribution in [0.5, 0.6) is 11.5 Å². The van der Waals surface area contributed by atoms with Crippen LogP contribution in [0.2, 0.25) is 0 Å². The van der Waals surface area contributed by atoms with Crippen molar-refractivity contribution in [3.05, 3.63) is 48.3 Å². The van der Waals surface area contributed by atoms with Crippen molar-refractivity contribution in [2.45, 2.75) is 17.9 Å². The molecule has 0 radical (unpaired) electrons. The lowest BCUT2D eigenvalue weighted by molar-refractivity contribution is -0.117. The van der Waals surface area contributed by atoms with Gasteiger partial charge in [-0.1, -0.05) is 12.1 Å². The maximum Gasteiger partial charge on any atom is 0.244 e.